The number of furan rings is 1. The van der Waals surface area contributed by atoms with Gasteiger partial charge in [0.2, 0.25) is 5.88 Å². The van der Waals surface area contributed by atoms with Crippen molar-refractivity contribution in [1.29, 1.82) is 5.26 Å². The fourth-order valence-corrected chi connectivity index (χ4v) is 2.64. The van der Waals surface area contributed by atoms with E-state index in [1.165, 1.54) is 0 Å². The first-order chi connectivity index (χ1) is 12.6. The third-order valence-electron chi connectivity index (χ3n) is 4.06. The summed E-state index contributed by atoms with van der Waals surface area (Å²) in [5.41, 5.74) is 2.95. The minimum Gasteiger partial charge on any atom is -0.488 e. The number of aliphatic imine (C=N–C) groups is 1. The Morgan fingerprint density at radius 2 is 1.88 bits per heavy atom. The molecule has 1 aromatic heterocycles. The average molecular weight is 365 g/mol. The van der Waals surface area contributed by atoms with Crippen molar-refractivity contribution in [2.75, 3.05) is 0 Å². The number of para-hydroxylation sites is 1. The van der Waals surface area contributed by atoms with Gasteiger partial charge in [0.1, 0.15) is 29.7 Å². The molecule has 0 radical (unpaired) electrons. The summed E-state index contributed by atoms with van der Waals surface area (Å²) >= 11 is 6.17. The van der Waals surface area contributed by atoms with E-state index >= 15 is 0 Å². The van der Waals surface area contributed by atoms with Crippen LogP contribution in [0, 0.1) is 25.2 Å². The summed E-state index contributed by atoms with van der Waals surface area (Å²) in [5, 5.41) is 9.95. The Morgan fingerprint density at radius 1 is 1.15 bits per heavy atom. The second kappa shape index (κ2) is 7.90. The molecule has 0 unspecified atom stereocenters. The lowest BCUT2D eigenvalue weighted by molar-refractivity contribution is 0.306. The third-order valence-corrected chi connectivity index (χ3v) is 4.43. The normalized spacial score (nSPS) is 10.8. The number of ether oxygens (including phenoxy) is 1. The van der Waals surface area contributed by atoms with Crippen LogP contribution in [0.5, 0.6) is 5.75 Å². The lowest BCUT2D eigenvalue weighted by Gasteiger charge is -2.09. The van der Waals surface area contributed by atoms with E-state index in [1.807, 2.05) is 62.4 Å². The Labute approximate surface area is 157 Å². The molecule has 5 heteroatoms. The van der Waals surface area contributed by atoms with E-state index in [4.69, 9.17) is 20.8 Å². The van der Waals surface area contributed by atoms with Crippen LogP contribution in [-0.4, -0.2) is 6.21 Å². The molecule has 2 aromatic carbocycles. The summed E-state index contributed by atoms with van der Waals surface area (Å²) < 4.78 is 11.5. The molecule has 0 aliphatic carbocycles. The Kier molecular flexibility index (Phi) is 5.40. The van der Waals surface area contributed by atoms with Crippen LogP contribution in [0.3, 0.4) is 0 Å². The molecule has 1 heterocycles. The molecule has 26 heavy (non-hydrogen) atoms. The predicted octanol–water partition coefficient (Wildman–Crippen LogP) is 5.75. The number of nitrogens with zero attached hydrogens (tertiary/aromatic N) is 2. The molecule has 0 aliphatic rings. The highest BCUT2D eigenvalue weighted by atomic mass is 35.5. The standard InChI is InChI=1S/C21H17ClN2O2/c1-14-15(2)26-21(18(14)11-23)24-12-16-7-4-6-10-20(16)25-13-17-8-3-5-9-19(17)22/h3-10,12H,13H2,1-2H3. The molecule has 0 saturated carbocycles. The Hall–Kier alpha value is -3.03. The SMILES string of the molecule is Cc1oc(N=Cc2ccccc2OCc2ccccc2Cl)c(C#N)c1C. The minimum absolute atomic E-state index is 0.309. The number of halogens is 1. The van der Waals surface area contributed by atoms with Crippen LogP contribution in [0.4, 0.5) is 5.88 Å². The summed E-state index contributed by atoms with van der Waals surface area (Å²) in [7, 11) is 0. The van der Waals surface area contributed by atoms with Gasteiger partial charge in [-0.2, -0.15) is 5.26 Å². The van der Waals surface area contributed by atoms with Crippen molar-refractivity contribution < 1.29 is 9.15 Å². The minimum atomic E-state index is 0.309. The fraction of sp³-hybridized carbons (Fsp3) is 0.143. The van der Waals surface area contributed by atoms with Crippen LogP contribution >= 0.6 is 11.6 Å². The van der Waals surface area contributed by atoms with Gasteiger partial charge in [-0.25, -0.2) is 4.99 Å². The van der Waals surface area contributed by atoms with Gasteiger partial charge in [0.05, 0.1) is 0 Å². The maximum Gasteiger partial charge on any atom is 0.237 e. The lowest BCUT2D eigenvalue weighted by atomic mass is 10.2. The number of aryl methyl sites for hydroxylation is 1. The zero-order valence-electron chi connectivity index (χ0n) is 14.5. The zero-order valence-corrected chi connectivity index (χ0v) is 15.2. The highest BCUT2D eigenvalue weighted by Crippen LogP contribution is 2.28. The smallest absolute Gasteiger partial charge is 0.237 e. The zero-order chi connectivity index (χ0) is 18.5. The van der Waals surface area contributed by atoms with Crippen LogP contribution in [0.2, 0.25) is 5.02 Å². The molecule has 0 fully saturated rings. The van der Waals surface area contributed by atoms with Crippen LogP contribution in [0.15, 0.2) is 57.9 Å². The summed E-state index contributed by atoms with van der Waals surface area (Å²) in [4.78, 5) is 4.34. The summed E-state index contributed by atoms with van der Waals surface area (Å²) in [5.74, 6) is 1.68. The Morgan fingerprint density at radius 3 is 2.65 bits per heavy atom. The molecule has 0 bridgehead atoms. The van der Waals surface area contributed by atoms with Crippen molar-refractivity contribution in [2.45, 2.75) is 20.5 Å². The van der Waals surface area contributed by atoms with Crippen molar-refractivity contribution >= 4 is 23.7 Å². The van der Waals surface area contributed by atoms with E-state index in [2.05, 4.69) is 11.1 Å². The highest BCUT2D eigenvalue weighted by Gasteiger charge is 2.13. The summed E-state index contributed by atoms with van der Waals surface area (Å²) in [6, 6.07) is 17.2. The third kappa shape index (κ3) is 3.79. The average Bonchev–Trinajstić information content (AvgIpc) is 2.93. The van der Waals surface area contributed by atoms with E-state index in [9.17, 15) is 5.26 Å². The molecule has 130 valence electrons. The van der Waals surface area contributed by atoms with Gasteiger partial charge < -0.3 is 9.15 Å². The first-order valence-electron chi connectivity index (χ1n) is 8.09. The van der Waals surface area contributed by atoms with Gasteiger partial charge in [-0.05, 0) is 32.0 Å². The largest absolute Gasteiger partial charge is 0.488 e. The lowest BCUT2D eigenvalue weighted by Crippen LogP contribution is -1.98. The molecule has 0 saturated heterocycles. The Balaban J connectivity index is 1.83. The molecule has 0 N–H and O–H groups in total. The number of hydrogen-bond donors (Lipinski definition) is 0. The van der Waals surface area contributed by atoms with Gasteiger partial charge in [0, 0.05) is 27.9 Å². The molecule has 4 nitrogen and oxygen atoms in total. The molecule has 0 amide bonds. The van der Waals surface area contributed by atoms with Crippen LogP contribution < -0.4 is 4.74 Å². The number of benzene rings is 2. The van der Waals surface area contributed by atoms with Crippen LogP contribution in [-0.2, 0) is 6.61 Å². The van der Waals surface area contributed by atoms with Gasteiger partial charge in [0.15, 0.2) is 0 Å². The van der Waals surface area contributed by atoms with Crippen LogP contribution in [0.25, 0.3) is 0 Å². The van der Waals surface area contributed by atoms with E-state index < -0.39 is 0 Å². The van der Waals surface area contributed by atoms with Gasteiger partial charge in [-0.15, -0.1) is 0 Å². The molecule has 0 aliphatic heterocycles. The molecule has 3 rings (SSSR count). The van der Waals surface area contributed by atoms with E-state index in [0.717, 1.165) is 16.7 Å². The van der Waals surface area contributed by atoms with Gasteiger partial charge in [-0.3, -0.25) is 0 Å². The second-order valence-electron chi connectivity index (χ2n) is 5.75. The maximum absolute atomic E-state index is 9.28. The molecular formula is C21H17ClN2O2. The number of hydrogen-bond acceptors (Lipinski definition) is 4. The van der Waals surface area contributed by atoms with Crippen molar-refractivity contribution in [3.8, 4) is 11.8 Å². The fourth-order valence-electron chi connectivity index (χ4n) is 2.45. The molecular weight excluding hydrogens is 348 g/mol. The van der Waals surface area contributed by atoms with Crippen molar-refractivity contribution in [3.63, 3.8) is 0 Å². The summed E-state index contributed by atoms with van der Waals surface area (Å²) in [6.45, 7) is 4.01. The first kappa shape index (κ1) is 17.8. The highest BCUT2D eigenvalue weighted by molar-refractivity contribution is 6.31. The molecule has 0 atom stereocenters. The van der Waals surface area contributed by atoms with Crippen molar-refractivity contribution in [2.24, 2.45) is 4.99 Å². The van der Waals surface area contributed by atoms with Gasteiger partial charge in [0.25, 0.3) is 0 Å². The maximum atomic E-state index is 9.28. The van der Waals surface area contributed by atoms with E-state index in [-0.39, 0.29) is 0 Å². The first-order valence-corrected chi connectivity index (χ1v) is 8.47. The van der Waals surface area contributed by atoms with Gasteiger partial charge in [-0.1, -0.05) is 41.9 Å². The number of nitriles is 1. The van der Waals surface area contributed by atoms with Crippen LogP contribution in [0.1, 0.15) is 28.0 Å². The molecule has 3 aromatic rings. The Bertz CT molecular complexity index is 999. The van der Waals surface area contributed by atoms with Crippen molar-refractivity contribution in [1.82, 2.24) is 0 Å². The second-order valence-corrected chi connectivity index (χ2v) is 6.16. The molecule has 0 spiro atoms. The predicted molar refractivity (Wildman–Crippen MR) is 102 cm³/mol. The quantitative estimate of drug-likeness (QED) is 0.541. The number of rotatable bonds is 5. The van der Waals surface area contributed by atoms with E-state index in [0.29, 0.717) is 34.6 Å². The van der Waals surface area contributed by atoms with Gasteiger partial charge >= 0.3 is 0 Å². The van der Waals surface area contributed by atoms with E-state index in [1.54, 1.807) is 6.21 Å². The summed E-state index contributed by atoms with van der Waals surface area (Å²) in [6.07, 6.45) is 1.64. The topological polar surface area (TPSA) is 58.5 Å². The monoisotopic (exact) mass is 364 g/mol. The van der Waals surface area contributed by atoms with Crippen molar-refractivity contribution in [3.05, 3.63) is 81.6 Å².